The van der Waals surface area contributed by atoms with E-state index in [9.17, 15) is 14.4 Å². The van der Waals surface area contributed by atoms with E-state index in [1.807, 2.05) is 20.8 Å². The molecule has 0 rings (SSSR count). The predicted octanol–water partition coefficient (Wildman–Crippen LogP) is 1.70. The minimum absolute atomic E-state index is 0.0292. The van der Waals surface area contributed by atoms with Crippen molar-refractivity contribution >= 4 is 17.9 Å². The van der Waals surface area contributed by atoms with Crippen LogP contribution in [0.2, 0.25) is 0 Å². The maximum absolute atomic E-state index is 11.7. The molecule has 1 atom stereocenters. The first-order chi connectivity index (χ1) is 8.51. The Morgan fingerprint density at radius 2 is 1.74 bits per heavy atom. The Balaban J connectivity index is 4.19. The molecule has 0 aliphatic rings. The first-order valence-corrected chi connectivity index (χ1v) is 6.28. The van der Waals surface area contributed by atoms with Gasteiger partial charge in [-0.3, -0.25) is 14.9 Å². The van der Waals surface area contributed by atoms with Crippen LogP contribution in [0.3, 0.4) is 0 Å². The number of nitrogens with zero attached hydrogens (tertiary/aromatic N) is 1. The van der Waals surface area contributed by atoms with Gasteiger partial charge in [-0.25, -0.2) is 4.79 Å². The largest absolute Gasteiger partial charge is 0.481 e. The number of nitrogens with one attached hydrogen (secondary N) is 1. The molecule has 0 bridgehead atoms. The number of aliphatic carboxylic acids is 1. The second kappa shape index (κ2) is 7.11. The van der Waals surface area contributed by atoms with E-state index in [0.717, 1.165) is 0 Å². The number of carbonyl (C=O) groups excluding carboxylic acids is 2. The van der Waals surface area contributed by atoms with E-state index in [1.165, 1.54) is 4.90 Å². The summed E-state index contributed by atoms with van der Waals surface area (Å²) < 4.78 is 0. The van der Waals surface area contributed by atoms with E-state index < -0.39 is 17.9 Å². The number of carboxylic acids is 1. The van der Waals surface area contributed by atoms with Gasteiger partial charge in [0.2, 0.25) is 5.91 Å². The average molecular weight is 272 g/mol. The van der Waals surface area contributed by atoms with E-state index in [2.05, 4.69) is 5.32 Å². The van der Waals surface area contributed by atoms with Crippen LogP contribution in [0.15, 0.2) is 0 Å². The van der Waals surface area contributed by atoms with Gasteiger partial charge in [0.15, 0.2) is 0 Å². The lowest BCUT2D eigenvalue weighted by Crippen LogP contribution is -2.44. The standard InChI is InChI=1S/C13H24N2O4/c1-9(7-11(17)18)6-10(16)14-12(19)15(5)8-13(2,3)4/h9H,6-8H2,1-5H3,(H,17,18)(H,14,16,19). The van der Waals surface area contributed by atoms with Crippen molar-refractivity contribution in [3.8, 4) is 0 Å². The van der Waals surface area contributed by atoms with Gasteiger partial charge in [-0.2, -0.15) is 0 Å². The molecular weight excluding hydrogens is 248 g/mol. The summed E-state index contributed by atoms with van der Waals surface area (Å²) in [5.41, 5.74) is -0.0499. The van der Waals surface area contributed by atoms with Crippen LogP contribution in [0.1, 0.15) is 40.5 Å². The lowest BCUT2D eigenvalue weighted by molar-refractivity contribution is -0.138. The second-order valence-corrected chi connectivity index (χ2v) is 6.18. The Morgan fingerprint density at radius 1 is 1.21 bits per heavy atom. The normalized spacial score (nSPS) is 12.7. The summed E-state index contributed by atoms with van der Waals surface area (Å²) in [7, 11) is 1.62. The number of hydrogen-bond acceptors (Lipinski definition) is 3. The van der Waals surface area contributed by atoms with E-state index in [4.69, 9.17) is 5.11 Å². The van der Waals surface area contributed by atoms with Crippen LogP contribution in [0.4, 0.5) is 4.79 Å². The topological polar surface area (TPSA) is 86.7 Å². The summed E-state index contributed by atoms with van der Waals surface area (Å²) in [5, 5.41) is 10.8. The molecule has 110 valence electrons. The number of rotatable bonds is 5. The second-order valence-electron chi connectivity index (χ2n) is 6.18. The molecule has 0 aromatic rings. The Bertz CT molecular complexity index is 347. The molecule has 2 N–H and O–H groups in total. The summed E-state index contributed by atoms with van der Waals surface area (Å²) in [6.07, 6.45) is -0.0547. The highest BCUT2D eigenvalue weighted by Gasteiger charge is 2.20. The van der Waals surface area contributed by atoms with Crippen LogP contribution in [-0.2, 0) is 9.59 Å². The highest BCUT2D eigenvalue weighted by atomic mass is 16.4. The number of imide groups is 1. The van der Waals surface area contributed by atoms with Gasteiger partial charge in [0.25, 0.3) is 0 Å². The van der Waals surface area contributed by atoms with Crippen LogP contribution in [0.25, 0.3) is 0 Å². The number of carboxylic acid groups (broad SMARTS) is 1. The van der Waals surface area contributed by atoms with E-state index in [-0.39, 0.29) is 24.2 Å². The molecule has 0 aromatic heterocycles. The Hall–Kier alpha value is -1.59. The molecule has 0 saturated heterocycles. The van der Waals surface area contributed by atoms with Crippen LogP contribution in [0, 0.1) is 11.3 Å². The Kier molecular flexibility index (Phi) is 6.52. The first kappa shape index (κ1) is 17.4. The fourth-order valence-corrected chi connectivity index (χ4v) is 1.74. The summed E-state index contributed by atoms with van der Waals surface area (Å²) in [5.74, 6) is -1.69. The maximum atomic E-state index is 11.7. The van der Waals surface area contributed by atoms with Crippen LogP contribution in [-0.4, -0.2) is 41.5 Å². The smallest absolute Gasteiger partial charge is 0.323 e. The molecule has 0 aliphatic carbocycles. The van der Waals surface area contributed by atoms with Gasteiger partial charge in [0.1, 0.15) is 0 Å². The fraction of sp³-hybridized carbons (Fsp3) is 0.769. The van der Waals surface area contributed by atoms with Crippen molar-refractivity contribution in [3.63, 3.8) is 0 Å². The molecule has 6 heteroatoms. The lowest BCUT2D eigenvalue weighted by atomic mass is 9.96. The molecule has 0 radical (unpaired) electrons. The van der Waals surface area contributed by atoms with Gasteiger partial charge in [-0.05, 0) is 11.3 Å². The van der Waals surface area contributed by atoms with Crippen molar-refractivity contribution in [2.45, 2.75) is 40.5 Å². The Morgan fingerprint density at radius 3 is 2.16 bits per heavy atom. The third kappa shape index (κ3) is 9.04. The molecule has 0 aliphatic heterocycles. The van der Waals surface area contributed by atoms with Gasteiger partial charge in [0, 0.05) is 26.4 Å². The third-order valence-corrected chi connectivity index (χ3v) is 2.36. The van der Waals surface area contributed by atoms with Gasteiger partial charge < -0.3 is 10.0 Å². The first-order valence-electron chi connectivity index (χ1n) is 6.28. The van der Waals surface area contributed by atoms with Crippen molar-refractivity contribution in [3.05, 3.63) is 0 Å². The molecule has 1 unspecified atom stereocenters. The zero-order valence-electron chi connectivity index (χ0n) is 12.3. The number of urea groups is 1. The van der Waals surface area contributed by atoms with Crippen LogP contribution in [0.5, 0.6) is 0 Å². The van der Waals surface area contributed by atoms with Crippen molar-refractivity contribution in [1.82, 2.24) is 10.2 Å². The molecule has 0 spiro atoms. The lowest BCUT2D eigenvalue weighted by Gasteiger charge is -2.26. The summed E-state index contributed by atoms with van der Waals surface area (Å²) in [4.78, 5) is 35.2. The minimum atomic E-state index is -0.948. The van der Waals surface area contributed by atoms with E-state index in [1.54, 1.807) is 14.0 Å². The van der Waals surface area contributed by atoms with Crippen LogP contribution < -0.4 is 5.32 Å². The van der Waals surface area contributed by atoms with E-state index in [0.29, 0.717) is 6.54 Å². The monoisotopic (exact) mass is 272 g/mol. The number of amides is 3. The van der Waals surface area contributed by atoms with Crippen LogP contribution >= 0.6 is 0 Å². The number of carbonyl (C=O) groups is 3. The van der Waals surface area contributed by atoms with Gasteiger partial charge >= 0.3 is 12.0 Å². The molecule has 3 amide bonds. The molecular formula is C13H24N2O4. The summed E-state index contributed by atoms with van der Waals surface area (Å²) in [6.45, 7) is 8.17. The van der Waals surface area contributed by atoms with Gasteiger partial charge in [-0.15, -0.1) is 0 Å². The zero-order chi connectivity index (χ0) is 15.2. The molecule has 19 heavy (non-hydrogen) atoms. The van der Waals surface area contributed by atoms with Crippen molar-refractivity contribution < 1.29 is 19.5 Å². The minimum Gasteiger partial charge on any atom is -0.481 e. The zero-order valence-corrected chi connectivity index (χ0v) is 12.3. The van der Waals surface area contributed by atoms with E-state index >= 15 is 0 Å². The highest BCUT2D eigenvalue weighted by molar-refractivity contribution is 5.94. The Labute approximate surface area is 114 Å². The highest BCUT2D eigenvalue weighted by Crippen LogP contribution is 2.14. The predicted molar refractivity (Wildman–Crippen MR) is 71.7 cm³/mol. The number of hydrogen-bond donors (Lipinski definition) is 2. The van der Waals surface area contributed by atoms with Gasteiger partial charge in [0.05, 0.1) is 0 Å². The van der Waals surface area contributed by atoms with Crippen molar-refractivity contribution in [2.75, 3.05) is 13.6 Å². The van der Waals surface area contributed by atoms with Crippen molar-refractivity contribution in [1.29, 1.82) is 0 Å². The molecule has 0 fully saturated rings. The third-order valence-electron chi connectivity index (χ3n) is 2.36. The van der Waals surface area contributed by atoms with Crippen molar-refractivity contribution in [2.24, 2.45) is 11.3 Å². The quantitative estimate of drug-likeness (QED) is 0.797. The summed E-state index contributed by atoms with van der Waals surface area (Å²) >= 11 is 0. The molecule has 0 saturated carbocycles. The molecule has 0 aromatic carbocycles. The summed E-state index contributed by atoms with van der Waals surface area (Å²) in [6, 6.07) is -0.456. The molecule has 0 heterocycles. The van der Waals surface area contributed by atoms with Gasteiger partial charge in [-0.1, -0.05) is 27.7 Å². The maximum Gasteiger partial charge on any atom is 0.323 e. The average Bonchev–Trinajstić information content (AvgIpc) is 2.12. The fourth-order valence-electron chi connectivity index (χ4n) is 1.74. The SMILES string of the molecule is CC(CC(=O)O)CC(=O)NC(=O)N(C)CC(C)(C)C. The molecule has 6 nitrogen and oxygen atoms in total.